The van der Waals surface area contributed by atoms with E-state index < -0.39 is 23.3 Å². The average Bonchev–Trinajstić information content (AvgIpc) is 2.19. The van der Waals surface area contributed by atoms with Gasteiger partial charge in [-0.05, 0) is 12.1 Å². The molecule has 88 valence electrons. The predicted octanol–water partition coefficient (Wildman–Crippen LogP) is 1.66. The normalized spacial score (nSPS) is 11.2. The van der Waals surface area contributed by atoms with Crippen LogP contribution in [0.25, 0.3) is 0 Å². The van der Waals surface area contributed by atoms with Gasteiger partial charge in [0.15, 0.2) is 0 Å². The number of carbonyl (C=O) groups excluding carboxylic acids is 1. The van der Waals surface area contributed by atoms with Crippen LogP contribution in [0, 0.1) is 0 Å². The molecule has 4 nitrogen and oxygen atoms in total. The van der Waals surface area contributed by atoms with Gasteiger partial charge in [0, 0.05) is 0 Å². The Morgan fingerprint density at radius 3 is 2.31 bits per heavy atom. The Bertz CT molecular complexity index is 429. The maximum Gasteiger partial charge on any atom is 0.416 e. The van der Waals surface area contributed by atoms with Crippen molar-refractivity contribution in [2.75, 3.05) is 18.6 Å². The third-order valence-electron chi connectivity index (χ3n) is 1.94. The molecule has 4 N–H and O–H groups in total. The van der Waals surface area contributed by atoms with E-state index >= 15 is 0 Å². The number of carbonyl (C=O) groups is 1. The summed E-state index contributed by atoms with van der Waals surface area (Å²) in [7, 11) is 1.04. The molecule has 0 saturated heterocycles. The quantitative estimate of drug-likeness (QED) is 0.572. The van der Waals surface area contributed by atoms with Crippen LogP contribution >= 0.6 is 0 Å². The maximum atomic E-state index is 12.4. The van der Waals surface area contributed by atoms with Gasteiger partial charge in [0.2, 0.25) is 0 Å². The van der Waals surface area contributed by atoms with E-state index in [0.717, 1.165) is 7.11 Å². The Kier molecular flexibility index (Phi) is 2.97. The Morgan fingerprint density at radius 2 is 1.88 bits per heavy atom. The molecule has 0 bridgehead atoms. The minimum atomic E-state index is -4.59. The number of rotatable bonds is 1. The first-order valence-corrected chi connectivity index (χ1v) is 4.12. The lowest BCUT2D eigenvalue weighted by Gasteiger charge is -2.12. The summed E-state index contributed by atoms with van der Waals surface area (Å²) in [6, 6.07) is 1.28. The van der Waals surface area contributed by atoms with Crippen LogP contribution in [0.1, 0.15) is 15.9 Å². The zero-order chi connectivity index (χ0) is 12.5. The molecule has 0 heterocycles. The van der Waals surface area contributed by atoms with Crippen LogP contribution in [0.15, 0.2) is 12.1 Å². The molecular weight excluding hydrogens is 225 g/mol. The highest BCUT2D eigenvalue weighted by atomic mass is 19.4. The van der Waals surface area contributed by atoms with Crippen molar-refractivity contribution >= 4 is 17.3 Å². The fourth-order valence-corrected chi connectivity index (χ4v) is 1.12. The molecular formula is C9H9F3N2O2. The van der Waals surface area contributed by atoms with Gasteiger partial charge in [-0.25, -0.2) is 4.79 Å². The second-order valence-electron chi connectivity index (χ2n) is 3.02. The number of nitrogens with two attached hydrogens (primary N) is 2. The van der Waals surface area contributed by atoms with E-state index in [1.165, 1.54) is 0 Å². The van der Waals surface area contributed by atoms with Gasteiger partial charge in [-0.2, -0.15) is 13.2 Å². The molecule has 0 aliphatic heterocycles. The summed E-state index contributed by atoms with van der Waals surface area (Å²) in [6.45, 7) is 0. The minimum absolute atomic E-state index is 0.222. The van der Waals surface area contributed by atoms with E-state index in [1.807, 2.05) is 0 Å². The summed E-state index contributed by atoms with van der Waals surface area (Å²) >= 11 is 0. The van der Waals surface area contributed by atoms with Crippen LogP contribution in [0.3, 0.4) is 0 Å². The zero-order valence-corrected chi connectivity index (χ0v) is 8.26. The monoisotopic (exact) mass is 234 g/mol. The van der Waals surface area contributed by atoms with Crippen LogP contribution in [0.2, 0.25) is 0 Å². The van der Waals surface area contributed by atoms with Crippen molar-refractivity contribution in [1.29, 1.82) is 0 Å². The second-order valence-corrected chi connectivity index (χ2v) is 3.02. The summed E-state index contributed by atoms with van der Waals surface area (Å²) in [4.78, 5) is 11.1. The fraction of sp³-hybridized carbons (Fsp3) is 0.222. The highest BCUT2D eigenvalue weighted by Gasteiger charge is 2.32. The SMILES string of the molecule is COC(=O)c1cc(C(F)(F)F)cc(N)c1N. The maximum absolute atomic E-state index is 12.4. The zero-order valence-electron chi connectivity index (χ0n) is 8.26. The highest BCUT2D eigenvalue weighted by Crippen LogP contribution is 2.34. The topological polar surface area (TPSA) is 78.3 Å². The molecule has 7 heteroatoms. The molecule has 0 unspecified atom stereocenters. The number of esters is 1. The van der Waals surface area contributed by atoms with Gasteiger partial charge >= 0.3 is 12.1 Å². The van der Waals surface area contributed by atoms with Crippen molar-refractivity contribution in [3.8, 4) is 0 Å². The molecule has 0 saturated carbocycles. The van der Waals surface area contributed by atoms with E-state index in [9.17, 15) is 18.0 Å². The number of ether oxygens (including phenoxy) is 1. The summed E-state index contributed by atoms with van der Waals surface area (Å²) in [5.74, 6) is -0.963. The van der Waals surface area contributed by atoms with Crippen molar-refractivity contribution in [1.82, 2.24) is 0 Å². The first-order valence-electron chi connectivity index (χ1n) is 4.12. The number of anilines is 2. The van der Waals surface area contributed by atoms with Gasteiger partial charge in [0.1, 0.15) is 0 Å². The smallest absolute Gasteiger partial charge is 0.416 e. The van der Waals surface area contributed by atoms with E-state index in [2.05, 4.69) is 4.74 Å². The van der Waals surface area contributed by atoms with Crippen LogP contribution in [-0.4, -0.2) is 13.1 Å². The fourth-order valence-electron chi connectivity index (χ4n) is 1.12. The molecule has 0 spiro atoms. The van der Waals surface area contributed by atoms with Gasteiger partial charge in [0.05, 0.1) is 29.6 Å². The molecule has 0 aliphatic rings. The molecule has 0 fully saturated rings. The first kappa shape index (κ1) is 12.2. The number of alkyl halides is 3. The van der Waals surface area contributed by atoms with E-state index in [1.54, 1.807) is 0 Å². The van der Waals surface area contributed by atoms with E-state index in [4.69, 9.17) is 11.5 Å². The molecule has 1 rings (SSSR count). The van der Waals surface area contributed by atoms with Crippen molar-refractivity contribution in [2.45, 2.75) is 6.18 Å². The Labute approximate surface area is 89.0 Å². The summed E-state index contributed by atoms with van der Waals surface area (Å²) < 4.78 is 41.5. The lowest BCUT2D eigenvalue weighted by molar-refractivity contribution is -0.137. The summed E-state index contributed by atoms with van der Waals surface area (Å²) in [6.07, 6.45) is -4.59. The number of nitrogen functional groups attached to an aromatic ring is 2. The third kappa shape index (κ3) is 2.18. The number of hydrogen-bond donors (Lipinski definition) is 2. The van der Waals surface area contributed by atoms with Crippen LogP contribution in [0.4, 0.5) is 24.5 Å². The lowest BCUT2D eigenvalue weighted by atomic mass is 10.1. The van der Waals surface area contributed by atoms with Gasteiger partial charge < -0.3 is 16.2 Å². The molecule has 0 amide bonds. The summed E-state index contributed by atoms with van der Waals surface area (Å²) in [5.41, 5.74) is 8.69. The van der Waals surface area contributed by atoms with Crippen LogP contribution in [-0.2, 0) is 10.9 Å². The van der Waals surface area contributed by atoms with Crippen molar-refractivity contribution in [2.24, 2.45) is 0 Å². The molecule has 0 radical (unpaired) electrons. The summed E-state index contributed by atoms with van der Waals surface area (Å²) in [5, 5.41) is 0. The number of benzene rings is 1. The van der Waals surface area contributed by atoms with Gasteiger partial charge in [-0.15, -0.1) is 0 Å². The van der Waals surface area contributed by atoms with E-state index in [0.29, 0.717) is 12.1 Å². The molecule has 0 atom stereocenters. The standard InChI is InChI=1S/C9H9F3N2O2/c1-16-8(15)5-2-4(9(10,11)12)3-6(13)7(5)14/h2-3H,13-14H2,1H3. The third-order valence-corrected chi connectivity index (χ3v) is 1.94. The average molecular weight is 234 g/mol. The van der Waals surface area contributed by atoms with Crippen LogP contribution < -0.4 is 11.5 Å². The van der Waals surface area contributed by atoms with Gasteiger partial charge in [-0.1, -0.05) is 0 Å². The largest absolute Gasteiger partial charge is 0.465 e. The lowest BCUT2D eigenvalue weighted by Crippen LogP contribution is -2.13. The van der Waals surface area contributed by atoms with Gasteiger partial charge in [-0.3, -0.25) is 0 Å². The molecule has 1 aromatic rings. The molecule has 0 aliphatic carbocycles. The minimum Gasteiger partial charge on any atom is -0.465 e. The molecule has 1 aromatic carbocycles. The van der Waals surface area contributed by atoms with Crippen molar-refractivity contribution < 1.29 is 22.7 Å². The Hall–Kier alpha value is -1.92. The Morgan fingerprint density at radius 1 is 1.31 bits per heavy atom. The van der Waals surface area contributed by atoms with Crippen molar-refractivity contribution in [3.63, 3.8) is 0 Å². The number of halogens is 3. The second kappa shape index (κ2) is 3.92. The van der Waals surface area contributed by atoms with Crippen LogP contribution in [0.5, 0.6) is 0 Å². The van der Waals surface area contributed by atoms with Crippen molar-refractivity contribution in [3.05, 3.63) is 23.3 Å². The van der Waals surface area contributed by atoms with E-state index in [-0.39, 0.29) is 11.4 Å². The predicted molar refractivity (Wildman–Crippen MR) is 51.6 cm³/mol. The Balaban J connectivity index is 3.39. The molecule has 0 aromatic heterocycles. The number of hydrogen-bond acceptors (Lipinski definition) is 4. The highest BCUT2D eigenvalue weighted by molar-refractivity contribution is 5.98. The molecule has 16 heavy (non-hydrogen) atoms. The van der Waals surface area contributed by atoms with Gasteiger partial charge in [0.25, 0.3) is 0 Å². The number of methoxy groups -OCH3 is 1. The first-order chi connectivity index (χ1) is 7.27.